The van der Waals surface area contributed by atoms with Crippen LogP contribution >= 0.6 is 0 Å². The maximum atomic E-state index is 13.2. The third-order valence-corrected chi connectivity index (χ3v) is 3.73. The van der Waals surface area contributed by atoms with Gasteiger partial charge in [0.05, 0.1) is 12.7 Å². The first-order chi connectivity index (χ1) is 11.5. The summed E-state index contributed by atoms with van der Waals surface area (Å²) in [5.41, 5.74) is 2.63. The number of anilines is 1. The number of aryl methyl sites for hydroxylation is 1. The second-order valence-electron chi connectivity index (χ2n) is 5.39. The normalized spacial score (nSPS) is 10.6. The molecule has 6 heteroatoms. The second-order valence-corrected chi connectivity index (χ2v) is 5.39. The number of carbonyl (C=O) groups is 2. The average Bonchev–Trinajstić information content (AvgIpc) is 2.99. The van der Waals surface area contributed by atoms with E-state index in [9.17, 15) is 14.0 Å². The molecule has 0 saturated carbocycles. The van der Waals surface area contributed by atoms with Crippen LogP contribution in [0.3, 0.4) is 0 Å². The maximum Gasteiger partial charge on any atom is 0.337 e. The number of H-pyrrole nitrogens is 1. The first kappa shape index (κ1) is 15.7. The highest BCUT2D eigenvalue weighted by molar-refractivity contribution is 6.06. The summed E-state index contributed by atoms with van der Waals surface area (Å²) in [5, 5.41) is 3.36. The third-order valence-electron chi connectivity index (χ3n) is 3.73. The fraction of sp³-hybridized carbons (Fsp3) is 0.111. The van der Waals surface area contributed by atoms with Gasteiger partial charge in [0.25, 0.3) is 5.91 Å². The third kappa shape index (κ3) is 2.99. The Kier molecular flexibility index (Phi) is 4.04. The van der Waals surface area contributed by atoms with Crippen molar-refractivity contribution < 1.29 is 18.7 Å². The van der Waals surface area contributed by atoms with Crippen molar-refractivity contribution in [3.63, 3.8) is 0 Å². The summed E-state index contributed by atoms with van der Waals surface area (Å²) in [6.07, 6.45) is 0. The van der Waals surface area contributed by atoms with Crippen LogP contribution in [0.2, 0.25) is 0 Å². The summed E-state index contributed by atoms with van der Waals surface area (Å²) in [5.74, 6) is -1.22. The van der Waals surface area contributed by atoms with Crippen LogP contribution in [0.5, 0.6) is 0 Å². The number of halogens is 1. The van der Waals surface area contributed by atoms with Crippen molar-refractivity contribution in [1.82, 2.24) is 4.98 Å². The predicted octanol–water partition coefficient (Wildman–Crippen LogP) is 3.65. The fourth-order valence-corrected chi connectivity index (χ4v) is 2.42. The van der Waals surface area contributed by atoms with E-state index in [1.54, 1.807) is 30.3 Å². The van der Waals surface area contributed by atoms with Gasteiger partial charge in [0.2, 0.25) is 0 Å². The molecule has 0 unspecified atom stereocenters. The number of nitrogens with one attached hydrogen (secondary N) is 2. The van der Waals surface area contributed by atoms with E-state index in [1.807, 2.05) is 6.92 Å². The lowest BCUT2D eigenvalue weighted by Crippen LogP contribution is -2.14. The lowest BCUT2D eigenvalue weighted by atomic mass is 10.1. The molecule has 122 valence electrons. The van der Waals surface area contributed by atoms with E-state index in [1.165, 1.54) is 19.2 Å². The molecule has 3 aromatic rings. The van der Waals surface area contributed by atoms with Gasteiger partial charge in [-0.25, -0.2) is 9.18 Å². The molecule has 0 atom stereocenters. The van der Waals surface area contributed by atoms with E-state index in [4.69, 9.17) is 0 Å². The molecule has 0 spiro atoms. The number of hydrogen-bond donors (Lipinski definition) is 2. The number of benzene rings is 2. The van der Waals surface area contributed by atoms with E-state index in [0.717, 1.165) is 5.56 Å². The van der Waals surface area contributed by atoms with Gasteiger partial charge in [-0.3, -0.25) is 4.79 Å². The lowest BCUT2D eigenvalue weighted by Gasteiger charge is -2.09. The Morgan fingerprint density at radius 3 is 2.67 bits per heavy atom. The van der Waals surface area contributed by atoms with Gasteiger partial charge in [-0.2, -0.15) is 0 Å². The highest BCUT2D eigenvalue weighted by Crippen LogP contribution is 2.21. The van der Waals surface area contributed by atoms with Crippen molar-refractivity contribution in [2.75, 3.05) is 12.4 Å². The molecule has 0 aliphatic heterocycles. The Morgan fingerprint density at radius 2 is 1.92 bits per heavy atom. The Bertz CT molecular complexity index is 947. The first-order valence-corrected chi connectivity index (χ1v) is 7.26. The smallest absolute Gasteiger partial charge is 0.337 e. The minimum atomic E-state index is -0.480. The number of aromatic nitrogens is 1. The van der Waals surface area contributed by atoms with Crippen LogP contribution in [0.15, 0.2) is 42.5 Å². The lowest BCUT2D eigenvalue weighted by molar-refractivity contribution is 0.0600. The number of amides is 1. The number of rotatable bonds is 3. The van der Waals surface area contributed by atoms with E-state index in [2.05, 4.69) is 15.0 Å². The summed E-state index contributed by atoms with van der Waals surface area (Å²) in [6, 6.07) is 10.7. The Hall–Kier alpha value is -3.15. The largest absolute Gasteiger partial charge is 0.465 e. The van der Waals surface area contributed by atoms with Gasteiger partial charge in [0.1, 0.15) is 11.5 Å². The number of ether oxygens (including phenoxy) is 1. The summed E-state index contributed by atoms with van der Waals surface area (Å²) in [4.78, 5) is 27.0. The van der Waals surface area contributed by atoms with Gasteiger partial charge in [0, 0.05) is 16.6 Å². The molecule has 0 aliphatic carbocycles. The van der Waals surface area contributed by atoms with Crippen molar-refractivity contribution in [2.45, 2.75) is 6.92 Å². The molecule has 5 nitrogen and oxygen atoms in total. The molecular formula is C18H15FN2O3. The number of carbonyl (C=O) groups excluding carboxylic acids is 2. The average molecular weight is 326 g/mol. The summed E-state index contributed by atoms with van der Waals surface area (Å²) >= 11 is 0. The number of fused-ring (bicyclic) bond motifs is 1. The Morgan fingerprint density at radius 1 is 1.12 bits per heavy atom. The van der Waals surface area contributed by atoms with Gasteiger partial charge in [0.15, 0.2) is 0 Å². The molecule has 0 aliphatic rings. The van der Waals surface area contributed by atoms with E-state index in [0.29, 0.717) is 27.8 Å². The fourth-order valence-electron chi connectivity index (χ4n) is 2.42. The number of aromatic amines is 1. The van der Waals surface area contributed by atoms with Crippen LogP contribution in [0.1, 0.15) is 26.4 Å². The SMILES string of the molecule is COC(=O)c1ccc(C)c(NC(=O)c2cc3cc(F)ccc3[nH]2)c1. The van der Waals surface area contributed by atoms with Crippen LogP contribution in [0, 0.1) is 12.7 Å². The highest BCUT2D eigenvalue weighted by Gasteiger charge is 2.13. The molecule has 2 aromatic carbocycles. The van der Waals surface area contributed by atoms with Crippen LogP contribution in [0.25, 0.3) is 10.9 Å². The summed E-state index contributed by atoms with van der Waals surface area (Å²) in [6.45, 7) is 1.82. The van der Waals surface area contributed by atoms with Gasteiger partial charge in [-0.15, -0.1) is 0 Å². The van der Waals surface area contributed by atoms with Crippen LogP contribution < -0.4 is 5.32 Å². The number of hydrogen-bond acceptors (Lipinski definition) is 3. The van der Waals surface area contributed by atoms with Gasteiger partial charge in [-0.05, 0) is 48.9 Å². The highest BCUT2D eigenvalue weighted by atomic mass is 19.1. The van der Waals surface area contributed by atoms with Crippen LogP contribution in [0.4, 0.5) is 10.1 Å². The Labute approximate surface area is 137 Å². The first-order valence-electron chi connectivity index (χ1n) is 7.26. The maximum absolute atomic E-state index is 13.2. The molecule has 1 heterocycles. The van der Waals surface area contributed by atoms with Crippen molar-refractivity contribution in [3.05, 3.63) is 65.1 Å². The molecule has 0 fully saturated rings. The molecule has 0 saturated heterocycles. The van der Waals surface area contributed by atoms with E-state index in [-0.39, 0.29) is 11.7 Å². The zero-order valence-corrected chi connectivity index (χ0v) is 13.1. The summed E-state index contributed by atoms with van der Waals surface area (Å²) < 4.78 is 17.9. The predicted molar refractivity (Wildman–Crippen MR) is 88.7 cm³/mol. The zero-order chi connectivity index (χ0) is 17.3. The quantitative estimate of drug-likeness (QED) is 0.722. The van der Waals surface area contributed by atoms with E-state index < -0.39 is 5.97 Å². The topological polar surface area (TPSA) is 71.2 Å². The zero-order valence-electron chi connectivity index (χ0n) is 13.1. The molecule has 2 N–H and O–H groups in total. The van der Waals surface area contributed by atoms with Crippen molar-refractivity contribution in [1.29, 1.82) is 0 Å². The van der Waals surface area contributed by atoms with E-state index >= 15 is 0 Å². The minimum Gasteiger partial charge on any atom is -0.465 e. The standard InChI is InChI=1S/C18H15FN2O3/c1-10-3-4-11(18(23)24-2)8-15(10)21-17(22)16-9-12-7-13(19)5-6-14(12)20-16/h3-9,20H,1-2H3,(H,21,22). The molecule has 1 amide bonds. The van der Waals surface area contributed by atoms with Gasteiger partial charge < -0.3 is 15.0 Å². The second kappa shape index (κ2) is 6.16. The molecule has 0 radical (unpaired) electrons. The van der Waals surface area contributed by atoms with Crippen molar-refractivity contribution in [3.8, 4) is 0 Å². The number of esters is 1. The molecule has 3 rings (SSSR count). The summed E-state index contributed by atoms with van der Waals surface area (Å²) in [7, 11) is 1.30. The Balaban J connectivity index is 1.89. The molecular weight excluding hydrogens is 311 g/mol. The minimum absolute atomic E-state index is 0.304. The van der Waals surface area contributed by atoms with Gasteiger partial charge in [-0.1, -0.05) is 6.07 Å². The molecule has 1 aromatic heterocycles. The number of methoxy groups -OCH3 is 1. The van der Waals surface area contributed by atoms with Gasteiger partial charge >= 0.3 is 5.97 Å². The molecule has 24 heavy (non-hydrogen) atoms. The monoisotopic (exact) mass is 326 g/mol. The van der Waals surface area contributed by atoms with Crippen molar-refractivity contribution >= 4 is 28.5 Å². The van der Waals surface area contributed by atoms with Crippen LogP contribution in [-0.2, 0) is 4.74 Å². The van der Waals surface area contributed by atoms with Crippen molar-refractivity contribution in [2.24, 2.45) is 0 Å². The molecule has 0 bridgehead atoms. The van der Waals surface area contributed by atoms with Crippen LogP contribution in [-0.4, -0.2) is 24.0 Å².